The Bertz CT molecular complexity index is 987. The molecule has 0 atom stereocenters. The van der Waals surface area contributed by atoms with E-state index in [9.17, 15) is 16.8 Å². The van der Waals surface area contributed by atoms with Crippen LogP contribution in [0.1, 0.15) is 0 Å². The van der Waals surface area contributed by atoms with Crippen molar-refractivity contribution in [2.75, 3.05) is 38.1 Å². The summed E-state index contributed by atoms with van der Waals surface area (Å²) >= 11 is 0. The van der Waals surface area contributed by atoms with Gasteiger partial charge in [0.25, 0.3) is 10.0 Å². The number of hydrogen-bond donors (Lipinski definition) is 3. The maximum absolute atomic E-state index is 12.8. The molecule has 0 aliphatic carbocycles. The molecule has 0 saturated heterocycles. The minimum Gasteiger partial charge on any atom is -0.495 e. The molecule has 154 valence electrons. The number of nitrogens with one attached hydrogen (secondary N) is 1. The Balaban J connectivity index is 2.46. The lowest BCUT2D eigenvalue weighted by Gasteiger charge is -2.21. The quantitative estimate of drug-likeness (QED) is 0.499. The van der Waals surface area contributed by atoms with Gasteiger partial charge < -0.3 is 14.9 Å². The van der Waals surface area contributed by atoms with Gasteiger partial charge in [0.1, 0.15) is 5.75 Å². The van der Waals surface area contributed by atoms with Gasteiger partial charge in [0.15, 0.2) is 0 Å². The molecule has 0 unspecified atom stereocenters. The van der Waals surface area contributed by atoms with Crippen molar-refractivity contribution in [2.45, 2.75) is 9.79 Å². The number of hydrogen-bond acceptors (Lipinski definition) is 7. The number of anilines is 1. The Morgan fingerprint density at radius 1 is 0.929 bits per heavy atom. The van der Waals surface area contributed by atoms with Crippen molar-refractivity contribution in [3.05, 3.63) is 48.5 Å². The summed E-state index contributed by atoms with van der Waals surface area (Å²) in [5.41, 5.74) is -0.0552. The topological polar surface area (TPSA) is 133 Å². The normalized spacial score (nSPS) is 12.1. The minimum atomic E-state index is -4.07. The van der Waals surface area contributed by atoms with E-state index in [1.807, 2.05) is 0 Å². The molecule has 0 amide bonds. The van der Waals surface area contributed by atoms with Crippen molar-refractivity contribution in [1.82, 2.24) is 4.31 Å². The number of benzene rings is 2. The fraction of sp³-hybridized carbons (Fsp3) is 0.294. The van der Waals surface area contributed by atoms with Gasteiger partial charge in [0.2, 0.25) is 10.0 Å². The van der Waals surface area contributed by atoms with E-state index >= 15 is 0 Å². The molecule has 0 radical (unpaired) electrons. The maximum atomic E-state index is 12.8. The third-order valence-corrected chi connectivity index (χ3v) is 7.08. The second-order valence-corrected chi connectivity index (χ2v) is 9.25. The van der Waals surface area contributed by atoms with Crippen molar-refractivity contribution in [1.29, 1.82) is 0 Å². The summed E-state index contributed by atoms with van der Waals surface area (Å²) in [5, 5.41) is 18.2. The van der Waals surface area contributed by atoms with Gasteiger partial charge in [-0.15, -0.1) is 0 Å². The molecule has 11 heteroatoms. The van der Waals surface area contributed by atoms with Crippen LogP contribution in [-0.2, 0) is 20.0 Å². The highest BCUT2D eigenvalue weighted by atomic mass is 32.2. The SMILES string of the molecule is COc1ccc(S(=O)(=O)N(CCO)CCO)cc1NS(=O)(=O)c1ccccc1. The molecule has 0 aliphatic heterocycles. The summed E-state index contributed by atoms with van der Waals surface area (Å²) in [4.78, 5) is -0.200. The van der Waals surface area contributed by atoms with Crippen LogP contribution >= 0.6 is 0 Å². The van der Waals surface area contributed by atoms with Crippen LogP contribution in [0.4, 0.5) is 5.69 Å². The Kier molecular flexibility index (Phi) is 7.38. The van der Waals surface area contributed by atoms with Crippen LogP contribution in [0.3, 0.4) is 0 Å². The molecule has 0 aromatic heterocycles. The van der Waals surface area contributed by atoms with E-state index in [1.165, 1.54) is 31.4 Å². The first kappa shape index (κ1) is 22.1. The van der Waals surface area contributed by atoms with Crippen molar-refractivity contribution in [3.8, 4) is 5.75 Å². The molecule has 2 aromatic carbocycles. The number of rotatable bonds is 10. The molecule has 0 saturated carbocycles. The van der Waals surface area contributed by atoms with Crippen molar-refractivity contribution in [2.24, 2.45) is 0 Å². The Morgan fingerprint density at radius 3 is 2.07 bits per heavy atom. The van der Waals surface area contributed by atoms with E-state index in [0.717, 1.165) is 10.4 Å². The van der Waals surface area contributed by atoms with Crippen molar-refractivity contribution in [3.63, 3.8) is 0 Å². The Labute approximate surface area is 164 Å². The average molecular weight is 431 g/mol. The molecule has 0 heterocycles. The molecular formula is C17H22N2O7S2. The van der Waals surface area contributed by atoms with Crippen molar-refractivity contribution >= 4 is 25.7 Å². The van der Waals surface area contributed by atoms with E-state index in [-0.39, 0.29) is 34.3 Å². The number of aliphatic hydroxyl groups is 2. The lowest BCUT2D eigenvalue weighted by atomic mass is 10.3. The number of nitrogens with zero attached hydrogens (tertiary/aromatic N) is 1. The predicted molar refractivity (Wildman–Crippen MR) is 103 cm³/mol. The molecule has 2 rings (SSSR count). The van der Waals surface area contributed by atoms with E-state index in [2.05, 4.69) is 4.72 Å². The van der Waals surface area contributed by atoms with Gasteiger partial charge >= 0.3 is 0 Å². The lowest BCUT2D eigenvalue weighted by molar-refractivity contribution is 0.217. The second-order valence-electron chi connectivity index (χ2n) is 5.63. The van der Waals surface area contributed by atoms with E-state index in [4.69, 9.17) is 14.9 Å². The largest absolute Gasteiger partial charge is 0.495 e. The zero-order chi connectivity index (χ0) is 20.8. The first-order valence-electron chi connectivity index (χ1n) is 8.24. The first-order valence-corrected chi connectivity index (χ1v) is 11.2. The smallest absolute Gasteiger partial charge is 0.262 e. The number of methoxy groups -OCH3 is 1. The van der Waals surface area contributed by atoms with Crippen LogP contribution in [0.5, 0.6) is 5.75 Å². The third-order valence-electron chi connectivity index (χ3n) is 3.81. The third kappa shape index (κ3) is 5.00. The highest BCUT2D eigenvalue weighted by Gasteiger charge is 2.26. The van der Waals surface area contributed by atoms with E-state index < -0.39 is 33.3 Å². The molecule has 0 bridgehead atoms. The van der Waals surface area contributed by atoms with Crippen molar-refractivity contribution < 1.29 is 31.8 Å². The van der Waals surface area contributed by atoms with Gasteiger partial charge in [-0.05, 0) is 30.3 Å². The van der Waals surface area contributed by atoms with Crippen LogP contribution in [-0.4, -0.2) is 64.8 Å². The first-order chi connectivity index (χ1) is 13.3. The predicted octanol–water partition coefficient (Wildman–Crippen LogP) is 0.471. The van der Waals surface area contributed by atoms with E-state index in [0.29, 0.717) is 0 Å². The van der Waals surface area contributed by atoms with Crippen LogP contribution in [0.25, 0.3) is 0 Å². The number of ether oxygens (including phenoxy) is 1. The monoisotopic (exact) mass is 430 g/mol. The molecule has 0 fully saturated rings. The zero-order valence-electron chi connectivity index (χ0n) is 15.1. The van der Waals surface area contributed by atoms with Gasteiger partial charge in [-0.25, -0.2) is 16.8 Å². The number of aliphatic hydroxyl groups excluding tert-OH is 2. The van der Waals surface area contributed by atoms with Crippen LogP contribution in [0, 0.1) is 0 Å². The molecule has 3 N–H and O–H groups in total. The summed E-state index contributed by atoms with van der Waals surface area (Å²) in [6.45, 7) is -1.27. The van der Waals surface area contributed by atoms with E-state index in [1.54, 1.807) is 18.2 Å². The molecule has 2 aromatic rings. The standard InChI is InChI=1S/C17H22N2O7S2/c1-26-17-8-7-15(28(24,25)19(9-11-20)10-12-21)13-16(17)18-27(22,23)14-5-3-2-4-6-14/h2-8,13,18,20-21H,9-12H2,1H3. The zero-order valence-corrected chi connectivity index (χ0v) is 16.8. The highest BCUT2D eigenvalue weighted by Crippen LogP contribution is 2.30. The summed E-state index contributed by atoms with van der Waals surface area (Å²) in [5.74, 6) is 0.134. The Morgan fingerprint density at radius 2 is 1.54 bits per heavy atom. The molecule has 28 heavy (non-hydrogen) atoms. The van der Waals surface area contributed by atoms with Gasteiger partial charge in [-0.3, -0.25) is 4.72 Å². The Hall–Kier alpha value is -2.18. The summed E-state index contributed by atoms with van der Waals surface area (Å²) in [6, 6.07) is 11.3. The second kappa shape index (κ2) is 9.34. The maximum Gasteiger partial charge on any atom is 0.262 e. The fourth-order valence-corrected chi connectivity index (χ4v) is 4.99. The summed E-state index contributed by atoms with van der Waals surface area (Å²) in [6.07, 6.45) is 0. The molecule has 9 nitrogen and oxygen atoms in total. The van der Waals surface area contributed by atoms with Crippen LogP contribution in [0.15, 0.2) is 58.3 Å². The summed E-state index contributed by atoms with van der Waals surface area (Å²) in [7, 11) is -6.71. The molecule has 0 spiro atoms. The van der Waals surface area contributed by atoms with Gasteiger partial charge in [0, 0.05) is 13.1 Å². The van der Waals surface area contributed by atoms with Gasteiger partial charge in [-0.2, -0.15) is 4.31 Å². The summed E-state index contributed by atoms with van der Waals surface area (Å²) < 4.78 is 59.1. The molecule has 0 aliphatic rings. The molecular weight excluding hydrogens is 408 g/mol. The van der Waals surface area contributed by atoms with Crippen LogP contribution < -0.4 is 9.46 Å². The van der Waals surface area contributed by atoms with Gasteiger partial charge in [0.05, 0.1) is 35.8 Å². The average Bonchev–Trinajstić information content (AvgIpc) is 2.68. The fourth-order valence-electron chi connectivity index (χ4n) is 2.45. The number of sulfonamides is 2. The van der Waals surface area contributed by atoms with Gasteiger partial charge in [-0.1, -0.05) is 18.2 Å². The minimum absolute atomic E-state index is 0.00695. The van der Waals surface area contributed by atoms with Crippen LogP contribution in [0.2, 0.25) is 0 Å². The lowest BCUT2D eigenvalue weighted by Crippen LogP contribution is -2.35. The highest BCUT2D eigenvalue weighted by molar-refractivity contribution is 7.92.